The van der Waals surface area contributed by atoms with Crippen molar-refractivity contribution in [1.29, 1.82) is 0 Å². The third-order valence-electron chi connectivity index (χ3n) is 5.96. The van der Waals surface area contributed by atoms with E-state index in [1.165, 1.54) is 4.90 Å². The van der Waals surface area contributed by atoms with Gasteiger partial charge in [0.2, 0.25) is 5.91 Å². The van der Waals surface area contributed by atoms with Crippen molar-refractivity contribution >= 4 is 45.1 Å². The monoisotopic (exact) mass is 556 g/mol. The number of carbonyl (C=O) groups is 2. The molecule has 10 nitrogen and oxygen atoms in total. The molecule has 0 unspecified atom stereocenters. The van der Waals surface area contributed by atoms with Gasteiger partial charge in [-0.25, -0.2) is 9.69 Å². The summed E-state index contributed by atoms with van der Waals surface area (Å²) >= 11 is 6.01. The average Bonchev–Trinajstić information content (AvgIpc) is 2.85. The molecular weight excluding hydrogens is 524 g/mol. The fourth-order valence-electron chi connectivity index (χ4n) is 4.03. The first-order chi connectivity index (χ1) is 17.2. The molecule has 2 aromatic carbocycles. The van der Waals surface area contributed by atoms with Crippen molar-refractivity contribution in [2.24, 2.45) is 11.8 Å². The zero-order valence-corrected chi connectivity index (χ0v) is 21.9. The number of benzene rings is 2. The van der Waals surface area contributed by atoms with Crippen LogP contribution in [-0.2, 0) is 24.4 Å². The number of halogens is 1. The van der Waals surface area contributed by atoms with Crippen molar-refractivity contribution in [2.75, 3.05) is 37.0 Å². The van der Waals surface area contributed by atoms with Crippen LogP contribution in [0.5, 0.6) is 0 Å². The van der Waals surface area contributed by atoms with E-state index in [-0.39, 0.29) is 24.5 Å². The molecule has 0 atom stereocenters. The van der Waals surface area contributed by atoms with Crippen LogP contribution in [0.3, 0.4) is 0 Å². The Labute approximate surface area is 221 Å². The zero-order chi connectivity index (χ0) is 26.0. The van der Waals surface area contributed by atoms with E-state index in [9.17, 15) is 18.0 Å². The predicted molar refractivity (Wildman–Crippen MR) is 141 cm³/mol. The van der Waals surface area contributed by atoms with Gasteiger partial charge < -0.3 is 20.3 Å². The molecule has 0 aromatic heterocycles. The molecule has 2 amide bonds. The molecule has 12 heteroatoms. The Balaban J connectivity index is 0.00000481. The number of hydrogen-bond acceptors (Lipinski definition) is 6. The highest BCUT2D eigenvalue weighted by Crippen LogP contribution is 2.31. The zero-order valence-electron chi connectivity index (χ0n) is 20.3. The largest absolute Gasteiger partial charge is 0.449 e. The molecule has 4 N–H and O–H groups in total. The van der Waals surface area contributed by atoms with Crippen molar-refractivity contribution < 1.29 is 37.5 Å². The van der Waals surface area contributed by atoms with Gasteiger partial charge >= 0.3 is 6.09 Å². The van der Waals surface area contributed by atoms with Crippen LogP contribution in [0.4, 0.5) is 16.2 Å². The fraction of sp³-hybridized carbons (Fsp3) is 0.440. The van der Waals surface area contributed by atoms with Gasteiger partial charge in [0, 0.05) is 11.6 Å². The molecule has 0 bridgehead atoms. The predicted octanol–water partition coefficient (Wildman–Crippen LogP) is 3.62. The van der Waals surface area contributed by atoms with E-state index < -0.39 is 27.9 Å². The summed E-state index contributed by atoms with van der Waals surface area (Å²) in [4.78, 5) is 26.2. The Morgan fingerprint density at radius 2 is 1.51 bits per heavy atom. The van der Waals surface area contributed by atoms with Crippen LogP contribution in [0, 0.1) is 11.8 Å². The summed E-state index contributed by atoms with van der Waals surface area (Å²) in [5.74, 6) is -0.409. The Bertz CT molecular complexity index is 1090. The molecule has 2 aromatic rings. The Kier molecular flexibility index (Phi) is 12.3. The Hall–Kier alpha value is -2.70. The molecule has 1 aliphatic carbocycles. The lowest BCUT2D eigenvalue weighted by molar-refractivity contribution is -0.126. The maximum absolute atomic E-state index is 13.0. The van der Waals surface area contributed by atoms with Crippen LogP contribution in [0.25, 0.3) is 0 Å². The lowest BCUT2D eigenvalue weighted by Crippen LogP contribution is -2.33. The second kappa shape index (κ2) is 14.9. The van der Waals surface area contributed by atoms with E-state index >= 15 is 0 Å². The number of anilines is 2. The highest BCUT2D eigenvalue weighted by molar-refractivity contribution is 7.85. The van der Waals surface area contributed by atoms with Crippen LogP contribution in [-0.4, -0.2) is 62.6 Å². The van der Waals surface area contributed by atoms with Crippen LogP contribution >= 0.6 is 11.6 Å². The average molecular weight is 557 g/mol. The first-order valence-electron chi connectivity index (χ1n) is 11.8. The van der Waals surface area contributed by atoms with E-state index in [0.717, 1.165) is 25.7 Å². The van der Waals surface area contributed by atoms with Gasteiger partial charge in [-0.3, -0.25) is 9.35 Å². The molecule has 1 fully saturated rings. The van der Waals surface area contributed by atoms with E-state index in [0.29, 0.717) is 35.5 Å². The number of nitrogens with one attached hydrogen (secondary N) is 1. The normalized spacial score (nSPS) is 17.4. The number of para-hydroxylation sites is 1. The van der Waals surface area contributed by atoms with Crippen LogP contribution in [0.2, 0.25) is 5.02 Å². The molecule has 0 heterocycles. The quantitative estimate of drug-likeness (QED) is 0.401. The van der Waals surface area contributed by atoms with Gasteiger partial charge in [-0.2, -0.15) is 8.42 Å². The molecule has 0 radical (unpaired) electrons. The number of amides is 2. The van der Waals surface area contributed by atoms with E-state index in [2.05, 4.69) is 5.32 Å². The van der Waals surface area contributed by atoms with Crippen LogP contribution < -0.4 is 10.2 Å². The summed E-state index contributed by atoms with van der Waals surface area (Å²) in [5.41, 5.74) is 1.37. The molecular formula is C25H33ClN2O8S. The summed E-state index contributed by atoms with van der Waals surface area (Å²) in [6, 6.07) is 16.3. The summed E-state index contributed by atoms with van der Waals surface area (Å²) in [6.45, 7) is 0.420. The lowest BCUT2D eigenvalue weighted by Gasteiger charge is -2.29. The molecule has 3 rings (SSSR count). The highest BCUT2D eigenvalue weighted by atomic mass is 35.5. The van der Waals surface area contributed by atoms with Gasteiger partial charge in [-0.05, 0) is 73.9 Å². The molecule has 37 heavy (non-hydrogen) atoms. The van der Waals surface area contributed by atoms with Crippen LogP contribution in [0.15, 0.2) is 54.6 Å². The van der Waals surface area contributed by atoms with Crippen molar-refractivity contribution in [1.82, 2.24) is 5.32 Å². The standard InChI is InChI=1S/C25H31ClN2O7S.H2O/c26-21-10-12-23(13-11-21)28(22-4-2-1-3-5-22)25(30)35-17-20-8-6-19(7-9-20)16-34-18-24(29)27-14-15-36(31,32)33;/h1-5,10-13,19-20H,6-9,14-18H2,(H,27,29)(H,31,32,33);1H2/t19-,20-;. The van der Waals surface area contributed by atoms with E-state index in [1.54, 1.807) is 24.3 Å². The number of hydrogen-bond donors (Lipinski definition) is 2. The van der Waals surface area contributed by atoms with Crippen molar-refractivity contribution in [2.45, 2.75) is 25.7 Å². The lowest BCUT2D eigenvalue weighted by atomic mass is 9.83. The van der Waals surface area contributed by atoms with Crippen molar-refractivity contribution in [3.8, 4) is 0 Å². The van der Waals surface area contributed by atoms with E-state index in [1.807, 2.05) is 30.3 Å². The summed E-state index contributed by atoms with van der Waals surface area (Å²) in [6.07, 6.45) is 3.11. The summed E-state index contributed by atoms with van der Waals surface area (Å²) in [5, 5.41) is 2.97. The molecule has 1 saturated carbocycles. The highest BCUT2D eigenvalue weighted by Gasteiger charge is 2.25. The maximum atomic E-state index is 13.0. The molecule has 1 aliphatic rings. The Morgan fingerprint density at radius 3 is 2.11 bits per heavy atom. The van der Waals surface area contributed by atoms with Gasteiger partial charge in [-0.1, -0.05) is 29.8 Å². The molecule has 0 spiro atoms. The number of carbonyl (C=O) groups excluding carboxylic acids is 2. The third-order valence-corrected chi connectivity index (χ3v) is 6.93. The minimum Gasteiger partial charge on any atom is -0.449 e. The number of nitrogens with zero attached hydrogens (tertiary/aromatic N) is 1. The molecule has 204 valence electrons. The van der Waals surface area contributed by atoms with Crippen LogP contribution in [0.1, 0.15) is 25.7 Å². The Morgan fingerprint density at radius 1 is 0.946 bits per heavy atom. The first kappa shape index (κ1) is 30.5. The number of rotatable bonds is 11. The smallest absolute Gasteiger partial charge is 0.418 e. The van der Waals surface area contributed by atoms with Crippen molar-refractivity contribution in [3.05, 3.63) is 59.6 Å². The van der Waals surface area contributed by atoms with E-state index in [4.69, 9.17) is 25.6 Å². The van der Waals surface area contributed by atoms with Gasteiger partial charge in [0.25, 0.3) is 10.1 Å². The van der Waals surface area contributed by atoms with Gasteiger partial charge in [0.1, 0.15) is 6.61 Å². The van der Waals surface area contributed by atoms with Gasteiger partial charge in [0.05, 0.1) is 30.3 Å². The summed E-state index contributed by atoms with van der Waals surface area (Å²) < 4.78 is 41.1. The SMILES string of the molecule is O.O=C(COC[C@H]1CC[C@H](COC(=O)N(c2ccccc2)c2ccc(Cl)cc2)CC1)NCCS(=O)(=O)O. The fourth-order valence-corrected chi connectivity index (χ4v) is 4.52. The second-order valence-corrected chi connectivity index (χ2v) is 10.8. The number of ether oxygens (including phenoxy) is 2. The minimum atomic E-state index is -4.10. The topological polar surface area (TPSA) is 154 Å². The summed E-state index contributed by atoms with van der Waals surface area (Å²) in [7, 11) is -4.10. The maximum Gasteiger partial charge on any atom is 0.418 e. The van der Waals surface area contributed by atoms with Gasteiger partial charge in [-0.15, -0.1) is 0 Å². The minimum absolute atomic E-state index is 0. The molecule has 0 aliphatic heterocycles. The van der Waals surface area contributed by atoms with Crippen molar-refractivity contribution in [3.63, 3.8) is 0 Å². The third kappa shape index (κ3) is 10.7. The van der Waals surface area contributed by atoms with Gasteiger partial charge in [0.15, 0.2) is 0 Å². The second-order valence-electron chi connectivity index (χ2n) is 8.76. The first-order valence-corrected chi connectivity index (χ1v) is 13.8. The molecule has 0 saturated heterocycles.